The van der Waals surface area contributed by atoms with Gasteiger partial charge in [0, 0.05) is 46.0 Å². The highest BCUT2D eigenvalue weighted by Gasteiger charge is 2.40. The number of ether oxygens (including phenoxy) is 2. The SMILES string of the molecule is CC(=O)NCCOCCCCOc1ccc(C2CCN(C3=Nn4c(nnc4C(F)(F)F)CC3)CC2)cc1. The van der Waals surface area contributed by atoms with E-state index >= 15 is 0 Å². The number of carbonyl (C=O) groups excluding carboxylic acids is 1. The maximum Gasteiger partial charge on any atom is 0.453 e. The number of unbranched alkanes of at least 4 members (excludes halogenated alkanes) is 1. The third kappa shape index (κ3) is 7.43. The van der Waals surface area contributed by atoms with E-state index < -0.39 is 12.0 Å². The Morgan fingerprint density at radius 2 is 1.78 bits per heavy atom. The molecule has 1 N–H and O–H groups in total. The van der Waals surface area contributed by atoms with Gasteiger partial charge in [-0.2, -0.15) is 22.9 Å². The van der Waals surface area contributed by atoms with E-state index in [0.29, 0.717) is 51.0 Å². The summed E-state index contributed by atoms with van der Waals surface area (Å²) < 4.78 is 51.7. The number of hydrogen-bond donors (Lipinski definition) is 1. The first-order chi connectivity index (χ1) is 17.8. The minimum absolute atomic E-state index is 0.0546. The molecular weight excluding hydrogens is 489 g/mol. The fourth-order valence-corrected chi connectivity index (χ4v) is 4.56. The van der Waals surface area contributed by atoms with Gasteiger partial charge in [-0.05, 0) is 49.3 Å². The molecule has 2 aromatic rings. The summed E-state index contributed by atoms with van der Waals surface area (Å²) in [5.74, 6) is 1.01. The molecule has 0 saturated carbocycles. The number of hydrogen-bond acceptors (Lipinski definition) is 7. The van der Waals surface area contributed by atoms with Crippen LogP contribution in [0.1, 0.15) is 62.2 Å². The Morgan fingerprint density at radius 1 is 1.05 bits per heavy atom. The topological polar surface area (TPSA) is 93.9 Å². The summed E-state index contributed by atoms with van der Waals surface area (Å²) in [6.07, 6.45) is -0.0388. The fourth-order valence-electron chi connectivity index (χ4n) is 4.56. The lowest BCUT2D eigenvalue weighted by Crippen LogP contribution is -2.40. The maximum absolute atomic E-state index is 13.2. The molecule has 1 aromatic heterocycles. The third-order valence-electron chi connectivity index (χ3n) is 6.53. The fraction of sp³-hybridized carbons (Fsp3) is 0.600. The van der Waals surface area contributed by atoms with Crippen molar-refractivity contribution in [2.24, 2.45) is 5.10 Å². The van der Waals surface area contributed by atoms with E-state index in [9.17, 15) is 18.0 Å². The van der Waals surface area contributed by atoms with Gasteiger partial charge in [0.25, 0.3) is 5.82 Å². The van der Waals surface area contributed by atoms with Crippen LogP contribution in [0.5, 0.6) is 5.75 Å². The second kappa shape index (κ2) is 12.4. The van der Waals surface area contributed by atoms with Gasteiger partial charge in [-0.3, -0.25) is 4.79 Å². The number of amidine groups is 1. The van der Waals surface area contributed by atoms with Gasteiger partial charge in [0.15, 0.2) is 5.82 Å². The number of benzene rings is 1. The largest absolute Gasteiger partial charge is 0.494 e. The van der Waals surface area contributed by atoms with Crippen molar-refractivity contribution in [1.29, 1.82) is 0 Å². The molecule has 2 aliphatic heterocycles. The number of nitrogens with one attached hydrogen (secondary N) is 1. The number of fused-ring (bicyclic) bond motifs is 1. The quantitative estimate of drug-likeness (QED) is 0.480. The molecule has 202 valence electrons. The van der Waals surface area contributed by atoms with Gasteiger partial charge in [0.2, 0.25) is 5.91 Å². The molecule has 0 unspecified atom stereocenters. The number of rotatable bonds is 10. The zero-order valence-electron chi connectivity index (χ0n) is 21.0. The van der Waals surface area contributed by atoms with Crippen LogP contribution in [0.2, 0.25) is 0 Å². The molecule has 12 heteroatoms. The molecule has 0 aliphatic carbocycles. The molecule has 0 radical (unpaired) electrons. The molecule has 9 nitrogen and oxygen atoms in total. The van der Waals surface area contributed by atoms with E-state index in [1.165, 1.54) is 12.5 Å². The molecular formula is C25H33F3N6O3. The second-order valence-electron chi connectivity index (χ2n) is 9.25. The Morgan fingerprint density at radius 3 is 2.49 bits per heavy atom. The third-order valence-corrected chi connectivity index (χ3v) is 6.53. The Balaban J connectivity index is 1.18. The van der Waals surface area contributed by atoms with E-state index in [4.69, 9.17) is 9.47 Å². The molecule has 4 rings (SSSR count). The summed E-state index contributed by atoms with van der Waals surface area (Å²) in [4.78, 5) is 12.9. The number of aryl methyl sites for hydroxylation is 1. The first-order valence-corrected chi connectivity index (χ1v) is 12.7. The molecule has 2 aliphatic rings. The van der Waals surface area contributed by atoms with Crippen LogP contribution < -0.4 is 10.1 Å². The summed E-state index contributed by atoms with van der Waals surface area (Å²) in [6, 6.07) is 8.17. The Labute approximate surface area is 214 Å². The van der Waals surface area contributed by atoms with E-state index in [2.05, 4.69) is 37.6 Å². The molecule has 0 spiro atoms. The summed E-state index contributed by atoms with van der Waals surface area (Å²) in [7, 11) is 0. The molecule has 1 saturated heterocycles. The van der Waals surface area contributed by atoms with Crippen LogP contribution in [-0.2, 0) is 22.1 Å². The molecule has 1 fully saturated rings. The first kappa shape index (κ1) is 26.9. The Bertz CT molecular complexity index is 1060. The van der Waals surface area contributed by atoms with Crippen molar-refractivity contribution in [2.45, 2.75) is 57.5 Å². The number of piperidine rings is 1. The van der Waals surface area contributed by atoms with Gasteiger partial charge in [-0.15, -0.1) is 10.2 Å². The Hall–Kier alpha value is -3.15. The zero-order chi connectivity index (χ0) is 26.3. The highest BCUT2D eigenvalue weighted by atomic mass is 19.4. The van der Waals surface area contributed by atoms with Gasteiger partial charge in [-0.25, -0.2) is 0 Å². The van der Waals surface area contributed by atoms with Crippen LogP contribution in [0.4, 0.5) is 13.2 Å². The minimum atomic E-state index is -4.58. The van der Waals surface area contributed by atoms with Crippen molar-refractivity contribution in [3.63, 3.8) is 0 Å². The molecule has 1 aromatic carbocycles. The lowest BCUT2D eigenvalue weighted by Gasteiger charge is -2.35. The van der Waals surface area contributed by atoms with Crippen LogP contribution in [0.25, 0.3) is 0 Å². The van der Waals surface area contributed by atoms with E-state index in [1.54, 1.807) is 0 Å². The lowest BCUT2D eigenvalue weighted by atomic mass is 9.89. The highest BCUT2D eigenvalue weighted by Crippen LogP contribution is 2.32. The molecule has 0 bridgehead atoms. The van der Waals surface area contributed by atoms with Crippen molar-refractivity contribution in [1.82, 2.24) is 25.1 Å². The summed E-state index contributed by atoms with van der Waals surface area (Å²) in [6.45, 7) is 5.25. The van der Waals surface area contributed by atoms with Gasteiger partial charge >= 0.3 is 6.18 Å². The second-order valence-corrected chi connectivity index (χ2v) is 9.25. The normalized spacial score (nSPS) is 16.3. The highest BCUT2D eigenvalue weighted by molar-refractivity contribution is 5.83. The zero-order valence-corrected chi connectivity index (χ0v) is 21.0. The van der Waals surface area contributed by atoms with Crippen LogP contribution in [0.3, 0.4) is 0 Å². The van der Waals surface area contributed by atoms with E-state index in [1.807, 2.05) is 12.1 Å². The van der Waals surface area contributed by atoms with Crippen molar-refractivity contribution in [2.75, 3.05) is 39.5 Å². The smallest absolute Gasteiger partial charge is 0.453 e. The minimum Gasteiger partial charge on any atom is -0.494 e. The van der Waals surface area contributed by atoms with Crippen molar-refractivity contribution in [3.8, 4) is 5.75 Å². The molecule has 3 heterocycles. The van der Waals surface area contributed by atoms with Crippen molar-refractivity contribution < 1.29 is 27.4 Å². The van der Waals surface area contributed by atoms with Crippen LogP contribution >= 0.6 is 0 Å². The summed E-state index contributed by atoms with van der Waals surface area (Å²) in [5.41, 5.74) is 1.24. The first-order valence-electron chi connectivity index (χ1n) is 12.7. The molecule has 0 atom stereocenters. The van der Waals surface area contributed by atoms with Crippen molar-refractivity contribution >= 4 is 11.7 Å². The lowest BCUT2D eigenvalue weighted by molar-refractivity contribution is -0.147. The average Bonchev–Trinajstić information content (AvgIpc) is 3.32. The van der Waals surface area contributed by atoms with Gasteiger partial charge in [0.05, 0.1) is 13.2 Å². The van der Waals surface area contributed by atoms with Gasteiger partial charge in [-0.1, -0.05) is 12.1 Å². The predicted molar refractivity (Wildman–Crippen MR) is 130 cm³/mol. The standard InChI is InChI=1S/C25H33F3N6O3/c1-18(35)29-12-17-36-15-2-3-16-37-21-6-4-19(5-7-21)20-10-13-33(14-11-20)23-9-8-22-30-31-24(25(26,27)28)34(22)32-23/h4-7,20H,2-3,8-17H2,1H3,(H,29,35). The van der Waals surface area contributed by atoms with Crippen LogP contribution in [0, 0.1) is 0 Å². The number of nitrogens with zero attached hydrogens (tertiary/aromatic N) is 5. The van der Waals surface area contributed by atoms with E-state index in [0.717, 1.165) is 49.2 Å². The number of carbonyl (C=O) groups is 1. The monoisotopic (exact) mass is 522 g/mol. The molecule has 1 amide bonds. The summed E-state index contributed by atoms with van der Waals surface area (Å²) >= 11 is 0. The van der Waals surface area contributed by atoms with Crippen LogP contribution in [-0.4, -0.2) is 71.0 Å². The van der Waals surface area contributed by atoms with E-state index in [-0.39, 0.29) is 11.7 Å². The number of alkyl halides is 3. The van der Waals surface area contributed by atoms with Crippen molar-refractivity contribution in [3.05, 3.63) is 41.5 Å². The number of likely N-dealkylation sites (tertiary alicyclic amines) is 1. The van der Waals surface area contributed by atoms with Gasteiger partial charge in [0.1, 0.15) is 11.6 Å². The number of halogens is 3. The predicted octanol–water partition coefficient (Wildman–Crippen LogP) is 3.60. The molecule has 37 heavy (non-hydrogen) atoms. The maximum atomic E-state index is 13.2. The number of amides is 1. The van der Waals surface area contributed by atoms with Gasteiger partial charge < -0.3 is 19.7 Å². The summed E-state index contributed by atoms with van der Waals surface area (Å²) in [5, 5.41) is 13.9. The Kier molecular flexibility index (Phi) is 9.01. The van der Waals surface area contributed by atoms with Crippen LogP contribution in [0.15, 0.2) is 29.4 Å². The number of aromatic nitrogens is 3. The average molecular weight is 523 g/mol.